The normalized spacial score (nSPS) is 11.0. The Morgan fingerprint density at radius 1 is 1.46 bits per heavy atom. The molecule has 0 fully saturated rings. The second-order valence-corrected chi connectivity index (χ2v) is 5.38. The van der Waals surface area contributed by atoms with Gasteiger partial charge >= 0.3 is 5.69 Å². The Kier molecular flexibility index (Phi) is 6.14. The maximum absolute atomic E-state index is 11.0. The number of aromatic nitrogens is 3. The molecule has 0 aliphatic rings. The van der Waals surface area contributed by atoms with E-state index in [4.69, 9.17) is 21.1 Å². The lowest BCUT2D eigenvalue weighted by atomic mass is 10.2. The van der Waals surface area contributed by atoms with E-state index in [-0.39, 0.29) is 11.9 Å². The molecular weight excluding hydrogens is 334 g/mol. The summed E-state index contributed by atoms with van der Waals surface area (Å²) in [6.45, 7) is 6.18. The van der Waals surface area contributed by atoms with E-state index in [0.29, 0.717) is 28.7 Å². The van der Waals surface area contributed by atoms with Crippen LogP contribution in [0.3, 0.4) is 0 Å². The maximum Gasteiger partial charge on any atom is 0.363 e. The monoisotopic (exact) mass is 351 g/mol. The molecule has 2 aromatic rings. The number of ether oxygens (including phenoxy) is 2. The van der Waals surface area contributed by atoms with E-state index >= 15 is 0 Å². The Bertz CT molecular complexity index is 776. The molecular formula is C15H18ClN5O3. The van der Waals surface area contributed by atoms with Crippen LogP contribution in [0.4, 0.5) is 5.82 Å². The molecule has 2 N–H and O–H groups in total. The molecule has 0 aliphatic carbocycles. The van der Waals surface area contributed by atoms with Crippen molar-refractivity contribution in [3.8, 4) is 11.5 Å². The van der Waals surface area contributed by atoms with Crippen LogP contribution in [0.25, 0.3) is 0 Å². The second kappa shape index (κ2) is 8.30. The van der Waals surface area contributed by atoms with Gasteiger partial charge in [-0.05, 0) is 38.5 Å². The minimum atomic E-state index is -0.563. The predicted molar refractivity (Wildman–Crippen MR) is 92.3 cm³/mol. The number of hydrazone groups is 1. The average molecular weight is 352 g/mol. The molecule has 2 rings (SSSR count). The molecule has 128 valence electrons. The lowest BCUT2D eigenvalue weighted by Crippen LogP contribution is -2.13. The van der Waals surface area contributed by atoms with Gasteiger partial charge in [0.15, 0.2) is 17.3 Å². The van der Waals surface area contributed by atoms with Gasteiger partial charge in [0, 0.05) is 0 Å². The molecule has 8 nitrogen and oxygen atoms in total. The topological polar surface area (TPSA) is 101 Å². The first kappa shape index (κ1) is 17.7. The average Bonchev–Trinajstić information content (AvgIpc) is 2.51. The first-order valence-electron chi connectivity index (χ1n) is 7.33. The third-order valence-corrected chi connectivity index (χ3v) is 2.93. The number of benzene rings is 1. The molecule has 0 saturated carbocycles. The van der Waals surface area contributed by atoms with Crippen molar-refractivity contribution in [3.05, 3.63) is 39.4 Å². The minimum Gasteiger partial charge on any atom is -0.490 e. The summed E-state index contributed by atoms with van der Waals surface area (Å²) in [5, 5.41) is 10.2. The molecule has 1 aromatic heterocycles. The van der Waals surface area contributed by atoms with Gasteiger partial charge in [0.25, 0.3) is 0 Å². The van der Waals surface area contributed by atoms with E-state index < -0.39 is 5.69 Å². The standard InChI is InChI=1S/C15H18ClN5O3/c1-4-23-12-6-10(5-11(16)14(12)24-9(2)3)7-17-20-13-8-18-21-15(22)19-13/h5-9H,4H2,1-3H3,(H2,19,20,21,22)/b17-7+. The Balaban J connectivity index is 2.20. The molecule has 0 bridgehead atoms. The summed E-state index contributed by atoms with van der Waals surface area (Å²) >= 11 is 6.28. The van der Waals surface area contributed by atoms with Crippen molar-refractivity contribution in [1.29, 1.82) is 0 Å². The maximum atomic E-state index is 11.0. The molecule has 1 heterocycles. The van der Waals surface area contributed by atoms with Crippen molar-refractivity contribution in [3.63, 3.8) is 0 Å². The van der Waals surface area contributed by atoms with Gasteiger partial charge in [0.2, 0.25) is 0 Å². The summed E-state index contributed by atoms with van der Waals surface area (Å²) in [6, 6.07) is 3.47. The fourth-order valence-electron chi connectivity index (χ4n) is 1.81. The number of nitrogens with zero attached hydrogens (tertiary/aromatic N) is 3. The van der Waals surface area contributed by atoms with E-state index in [1.807, 2.05) is 20.8 Å². The molecule has 0 radical (unpaired) electrons. The van der Waals surface area contributed by atoms with Crippen LogP contribution in [0, 0.1) is 0 Å². The number of anilines is 1. The number of hydrogen-bond donors (Lipinski definition) is 2. The number of hydrogen-bond acceptors (Lipinski definition) is 7. The molecule has 0 aliphatic heterocycles. The lowest BCUT2D eigenvalue weighted by Gasteiger charge is -2.16. The summed E-state index contributed by atoms with van der Waals surface area (Å²) in [7, 11) is 0. The van der Waals surface area contributed by atoms with Gasteiger partial charge < -0.3 is 9.47 Å². The lowest BCUT2D eigenvalue weighted by molar-refractivity contribution is 0.224. The van der Waals surface area contributed by atoms with Crippen LogP contribution in [-0.4, -0.2) is 34.1 Å². The summed E-state index contributed by atoms with van der Waals surface area (Å²) in [4.78, 5) is 14.7. The van der Waals surface area contributed by atoms with Gasteiger partial charge in [-0.25, -0.2) is 9.89 Å². The van der Waals surface area contributed by atoms with Crippen LogP contribution in [0.5, 0.6) is 11.5 Å². The van der Waals surface area contributed by atoms with Crippen LogP contribution in [0.1, 0.15) is 26.3 Å². The zero-order valence-corrected chi connectivity index (χ0v) is 14.3. The largest absolute Gasteiger partial charge is 0.490 e. The second-order valence-electron chi connectivity index (χ2n) is 4.97. The number of H-pyrrole nitrogens is 1. The van der Waals surface area contributed by atoms with Crippen molar-refractivity contribution in [2.45, 2.75) is 26.9 Å². The Morgan fingerprint density at radius 3 is 2.92 bits per heavy atom. The third-order valence-electron chi connectivity index (χ3n) is 2.65. The highest BCUT2D eigenvalue weighted by atomic mass is 35.5. The molecule has 0 atom stereocenters. The van der Waals surface area contributed by atoms with Gasteiger partial charge in [-0.2, -0.15) is 15.2 Å². The van der Waals surface area contributed by atoms with E-state index in [0.717, 1.165) is 0 Å². The Labute approximate surface area is 143 Å². The van der Waals surface area contributed by atoms with E-state index in [2.05, 4.69) is 25.7 Å². The third kappa shape index (κ3) is 4.95. The van der Waals surface area contributed by atoms with Crippen LogP contribution in [-0.2, 0) is 0 Å². The van der Waals surface area contributed by atoms with E-state index in [1.54, 1.807) is 12.1 Å². The van der Waals surface area contributed by atoms with Gasteiger partial charge in [0.1, 0.15) is 0 Å². The molecule has 24 heavy (non-hydrogen) atoms. The summed E-state index contributed by atoms with van der Waals surface area (Å²) in [6.07, 6.45) is 2.84. The zero-order valence-electron chi connectivity index (χ0n) is 13.5. The SMILES string of the molecule is CCOc1cc(/C=N/Nc2cn[nH]c(=O)n2)cc(Cl)c1OC(C)C. The first-order valence-corrected chi connectivity index (χ1v) is 7.71. The summed E-state index contributed by atoms with van der Waals surface area (Å²) in [5.74, 6) is 1.26. The Morgan fingerprint density at radius 2 is 2.25 bits per heavy atom. The number of halogens is 1. The molecule has 1 aromatic carbocycles. The highest BCUT2D eigenvalue weighted by molar-refractivity contribution is 6.32. The quantitative estimate of drug-likeness (QED) is 0.587. The van der Waals surface area contributed by atoms with Crippen LogP contribution in [0.2, 0.25) is 5.02 Å². The number of nitrogens with one attached hydrogen (secondary N) is 2. The van der Waals surface area contributed by atoms with Crippen molar-refractivity contribution < 1.29 is 9.47 Å². The molecule has 0 unspecified atom stereocenters. The smallest absolute Gasteiger partial charge is 0.363 e. The molecule has 9 heteroatoms. The highest BCUT2D eigenvalue weighted by Crippen LogP contribution is 2.37. The van der Waals surface area contributed by atoms with Crippen molar-refractivity contribution in [1.82, 2.24) is 15.2 Å². The number of aromatic amines is 1. The van der Waals surface area contributed by atoms with Crippen molar-refractivity contribution in [2.75, 3.05) is 12.0 Å². The highest BCUT2D eigenvalue weighted by Gasteiger charge is 2.13. The Hall–Kier alpha value is -2.61. The summed E-state index contributed by atoms with van der Waals surface area (Å²) < 4.78 is 11.3. The summed E-state index contributed by atoms with van der Waals surface area (Å²) in [5.41, 5.74) is 2.75. The van der Waals surface area contributed by atoms with Gasteiger partial charge in [-0.3, -0.25) is 5.43 Å². The fraction of sp³-hybridized carbons (Fsp3) is 0.333. The molecule has 0 spiro atoms. The zero-order chi connectivity index (χ0) is 17.5. The van der Waals surface area contributed by atoms with E-state index in [9.17, 15) is 4.79 Å². The van der Waals surface area contributed by atoms with Gasteiger partial charge in [-0.15, -0.1) is 0 Å². The minimum absolute atomic E-state index is 0.0300. The first-order chi connectivity index (χ1) is 11.5. The van der Waals surface area contributed by atoms with Gasteiger partial charge in [0.05, 0.1) is 30.1 Å². The number of rotatable bonds is 7. The fourth-order valence-corrected chi connectivity index (χ4v) is 2.08. The predicted octanol–water partition coefficient (Wildman–Crippen LogP) is 2.45. The van der Waals surface area contributed by atoms with Crippen molar-refractivity contribution in [2.24, 2.45) is 5.10 Å². The molecule has 0 saturated heterocycles. The van der Waals surface area contributed by atoms with E-state index in [1.165, 1.54) is 12.4 Å². The van der Waals surface area contributed by atoms with Crippen LogP contribution < -0.4 is 20.6 Å². The molecule has 0 amide bonds. The van der Waals surface area contributed by atoms with Gasteiger partial charge in [-0.1, -0.05) is 11.6 Å². The van der Waals surface area contributed by atoms with Crippen LogP contribution >= 0.6 is 11.6 Å². The van der Waals surface area contributed by atoms with Crippen molar-refractivity contribution >= 4 is 23.6 Å². The van der Waals surface area contributed by atoms with Crippen LogP contribution in [0.15, 0.2) is 28.2 Å².